The van der Waals surface area contributed by atoms with Gasteiger partial charge in [0.05, 0.1) is 0 Å². The van der Waals surface area contributed by atoms with Crippen molar-refractivity contribution in [3.63, 3.8) is 0 Å². The summed E-state index contributed by atoms with van der Waals surface area (Å²) in [5.41, 5.74) is 0. The number of hydrogen-bond acceptors (Lipinski definition) is 4. The van der Waals surface area contributed by atoms with E-state index in [1.54, 1.807) is 0 Å². The standard InChI is InChI=1S/C6H10O4/c7-2-4-1-5(8)6(9)3-10-4/h1,5-9H,2-3H2/t5-,6-/m0/s1. The maximum atomic E-state index is 8.96. The van der Waals surface area contributed by atoms with E-state index >= 15 is 0 Å². The van der Waals surface area contributed by atoms with E-state index in [1.807, 2.05) is 0 Å². The first-order valence-electron chi connectivity index (χ1n) is 3.04. The van der Waals surface area contributed by atoms with E-state index < -0.39 is 12.2 Å². The fraction of sp³-hybridized carbons (Fsp3) is 0.667. The van der Waals surface area contributed by atoms with Crippen LogP contribution >= 0.6 is 0 Å². The molecule has 0 aliphatic carbocycles. The number of rotatable bonds is 1. The van der Waals surface area contributed by atoms with Gasteiger partial charge in [-0.15, -0.1) is 0 Å². The van der Waals surface area contributed by atoms with Crippen molar-refractivity contribution in [1.29, 1.82) is 0 Å². The smallest absolute Gasteiger partial charge is 0.120 e. The second-order valence-electron chi connectivity index (χ2n) is 2.16. The zero-order valence-corrected chi connectivity index (χ0v) is 5.40. The van der Waals surface area contributed by atoms with E-state index in [4.69, 9.17) is 20.1 Å². The van der Waals surface area contributed by atoms with Gasteiger partial charge in [0, 0.05) is 0 Å². The van der Waals surface area contributed by atoms with Gasteiger partial charge in [0.2, 0.25) is 0 Å². The number of aliphatic hydroxyl groups excluding tert-OH is 3. The van der Waals surface area contributed by atoms with Crippen molar-refractivity contribution in [2.45, 2.75) is 12.2 Å². The minimum Gasteiger partial charge on any atom is -0.493 e. The van der Waals surface area contributed by atoms with Crippen LogP contribution in [0, 0.1) is 0 Å². The van der Waals surface area contributed by atoms with Gasteiger partial charge in [-0.3, -0.25) is 0 Å². The molecule has 1 aliphatic rings. The summed E-state index contributed by atoms with van der Waals surface area (Å²) in [5, 5.41) is 26.4. The minimum atomic E-state index is -0.907. The number of hydrogen-bond donors (Lipinski definition) is 3. The Balaban J connectivity index is 2.56. The van der Waals surface area contributed by atoms with Gasteiger partial charge in [-0.05, 0) is 6.08 Å². The lowest BCUT2D eigenvalue weighted by Gasteiger charge is -2.22. The largest absolute Gasteiger partial charge is 0.493 e. The Hall–Kier alpha value is -0.580. The van der Waals surface area contributed by atoms with Crippen molar-refractivity contribution in [3.05, 3.63) is 11.8 Å². The topological polar surface area (TPSA) is 69.9 Å². The van der Waals surface area contributed by atoms with Crippen molar-refractivity contribution in [2.24, 2.45) is 0 Å². The van der Waals surface area contributed by atoms with Crippen LogP contribution in [-0.4, -0.2) is 40.7 Å². The number of aliphatic hydroxyl groups is 3. The Morgan fingerprint density at radius 2 is 2.30 bits per heavy atom. The average molecular weight is 146 g/mol. The van der Waals surface area contributed by atoms with Crippen molar-refractivity contribution < 1.29 is 20.1 Å². The fourth-order valence-electron chi connectivity index (χ4n) is 0.739. The highest BCUT2D eigenvalue weighted by Crippen LogP contribution is 2.09. The van der Waals surface area contributed by atoms with Crippen LogP contribution in [0.4, 0.5) is 0 Å². The third-order valence-corrected chi connectivity index (χ3v) is 1.35. The van der Waals surface area contributed by atoms with Crippen LogP contribution in [0.2, 0.25) is 0 Å². The molecule has 1 aliphatic heterocycles. The molecular formula is C6H10O4. The molecule has 0 aromatic rings. The Morgan fingerprint density at radius 1 is 1.60 bits per heavy atom. The molecule has 58 valence electrons. The predicted octanol–water partition coefficient (Wildman–Crippen LogP) is -1.39. The Bertz CT molecular complexity index is 143. The average Bonchev–Trinajstić information content (AvgIpc) is 1.95. The molecule has 0 saturated carbocycles. The third kappa shape index (κ3) is 1.47. The molecule has 1 heterocycles. The van der Waals surface area contributed by atoms with Crippen LogP contribution in [0.5, 0.6) is 0 Å². The maximum absolute atomic E-state index is 8.96. The molecule has 4 nitrogen and oxygen atoms in total. The molecule has 0 amide bonds. The zero-order chi connectivity index (χ0) is 7.56. The lowest BCUT2D eigenvalue weighted by atomic mass is 10.1. The molecule has 0 unspecified atom stereocenters. The van der Waals surface area contributed by atoms with E-state index in [0.29, 0.717) is 5.76 Å². The molecular weight excluding hydrogens is 136 g/mol. The molecule has 0 bridgehead atoms. The van der Waals surface area contributed by atoms with Crippen LogP contribution in [-0.2, 0) is 4.74 Å². The molecule has 1 rings (SSSR count). The van der Waals surface area contributed by atoms with Crippen LogP contribution in [0.1, 0.15) is 0 Å². The van der Waals surface area contributed by atoms with E-state index in [0.717, 1.165) is 0 Å². The molecule has 0 saturated heterocycles. The molecule has 2 atom stereocenters. The second kappa shape index (κ2) is 3.01. The summed E-state index contributed by atoms with van der Waals surface area (Å²) < 4.78 is 4.81. The van der Waals surface area contributed by atoms with E-state index in [9.17, 15) is 0 Å². The highest BCUT2D eigenvalue weighted by atomic mass is 16.5. The first kappa shape index (κ1) is 7.53. The molecule has 10 heavy (non-hydrogen) atoms. The SMILES string of the molecule is OCC1=C[C@H](O)[C@@H](O)CO1. The summed E-state index contributed by atoms with van der Waals surface area (Å²) in [4.78, 5) is 0. The Morgan fingerprint density at radius 3 is 2.80 bits per heavy atom. The Kier molecular flexibility index (Phi) is 2.26. The van der Waals surface area contributed by atoms with Crippen molar-refractivity contribution >= 4 is 0 Å². The van der Waals surface area contributed by atoms with Crippen LogP contribution in [0.3, 0.4) is 0 Å². The highest BCUT2D eigenvalue weighted by molar-refractivity contribution is 5.03. The lowest BCUT2D eigenvalue weighted by Crippen LogP contribution is -2.33. The van der Waals surface area contributed by atoms with Crippen LogP contribution in [0.15, 0.2) is 11.8 Å². The maximum Gasteiger partial charge on any atom is 0.120 e. The first-order chi connectivity index (χ1) is 4.74. The molecule has 0 fully saturated rings. The summed E-state index contributed by atoms with van der Waals surface area (Å²) >= 11 is 0. The van der Waals surface area contributed by atoms with Crippen molar-refractivity contribution in [3.8, 4) is 0 Å². The van der Waals surface area contributed by atoms with E-state index in [2.05, 4.69) is 0 Å². The fourth-order valence-corrected chi connectivity index (χ4v) is 0.739. The van der Waals surface area contributed by atoms with Crippen molar-refractivity contribution in [2.75, 3.05) is 13.2 Å². The summed E-state index contributed by atoms with van der Waals surface area (Å²) in [6.45, 7) is -0.183. The van der Waals surface area contributed by atoms with Crippen LogP contribution < -0.4 is 0 Å². The summed E-state index contributed by atoms with van der Waals surface area (Å²) in [6, 6.07) is 0. The third-order valence-electron chi connectivity index (χ3n) is 1.35. The Labute approximate surface area is 58.4 Å². The molecule has 0 spiro atoms. The summed E-state index contributed by atoms with van der Waals surface area (Å²) in [7, 11) is 0. The van der Waals surface area contributed by atoms with Gasteiger partial charge in [-0.2, -0.15) is 0 Å². The van der Waals surface area contributed by atoms with Gasteiger partial charge in [0.1, 0.15) is 31.2 Å². The quantitative estimate of drug-likeness (QED) is 0.426. The van der Waals surface area contributed by atoms with Gasteiger partial charge in [-0.25, -0.2) is 0 Å². The minimum absolute atomic E-state index is 0.0492. The highest BCUT2D eigenvalue weighted by Gasteiger charge is 2.20. The normalized spacial score (nSPS) is 32.9. The van der Waals surface area contributed by atoms with Crippen LogP contribution in [0.25, 0.3) is 0 Å². The predicted molar refractivity (Wildman–Crippen MR) is 33.1 cm³/mol. The van der Waals surface area contributed by atoms with E-state index in [1.165, 1.54) is 6.08 Å². The van der Waals surface area contributed by atoms with Gasteiger partial charge < -0.3 is 20.1 Å². The molecule has 4 heteroatoms. The summed E-state index contributed by atoms with van der Waals surface area (Å²) in [5.74, 6) is 0.317. The van der Waals surface area contributed by atoms with E-state index in [-0.39, 0.29) is 13.2 Å². The first-order valence-corrected chi connectivity index (χ1v) is 3.04. The van der Waals surface area contributed by atoms with Gasteiger partial charge in [0.25, 0.3) is 0 Å². The molecule has 0 aromatic heterocycles. The van der Waals surface area contributed by atoms with Gasteiger partial charge in [-0.1, -0.05) is 0 Å². The lowest BCUT2D eigenvalue weighted by molar-refractivity contribution is -0.0263. The molecule has 3 N–H and O–H groups in total. The van der Waals surface area contributed by atoms with Crippen molar-refractivity contribution in [1.82, 2.24) is 0 Å². The monoisotopic (exact) mass is 146 g/mol. The summed E-state index contributed by atoms with van der Waals surface area (Å²) in [6.07, 6.45) is -0.472. The molecule has 0 radical (unpaired) electrons. The zero-order valence-electron chi connectivity index (χ0n) is 5.40. The number of ether oxygens (including phenoxy) is 1. The second-order valence-corrected chi connectivity index (χ2v) is 2.16. The molecule has 0 aromatic carbocycles. The van der Waals surface area contributed by atoms with Gasteiger partial charge >= 0.3 is 0 Å². The van der Waals surface area contributed by atoms with Gasteiger partial charge in [0.15, 0.2) is 0 Å².